The molecular weight excluding hydrogens is 203 g/mol. The van der Waals surface area contributed by atoms with Crippen molar-refractivity contribution in [1.29, 1.82) is 0 Å². The van der Waals surface area contributed by atoms with E-state index in [1.807, 2.05) is 18.2 Å². The molecule has 0 aliphatic carbocycles. The second kappa shape index (κ2) is 4.84. The van der Waals surface area contributed by atoms with Crippen LogP contribution in [-0.2, 0) is 12.8 Å². The lowest BCUT2D eigenvalue weighted by Crippen LogP contribution is -1.99. The zero-order chi connectivity index (χ0) is 11.4. The van der Waals surface area contributed by atoms with Gasteiger partial charge in [0.25, 0.3) is 0 Å². The monoisotopic (exact) mass is 216 g/mol. The smallest absolute Gasteiger partial charge is 0.147 e. The minimum Gasteiger partial charge on any atom is -0.261 e. The van der Waals surface area contributed by atoms with Crippen LogP contribution in [0.1, 0.15) is 17.0 Å². The number of hydrogen-bond acceptors (Lipinski definition) is 2. The van der Waals surface area contributed by atoms with Crippen molar-refractivity contribution >= 4 is 0 Å². The fraction of sp³-hybridized carbons (Fsp3) is 0.231. The summed E-state index contributed by atoms with van der Waals surface area (Å²) in [7, 11) is 0. The van der Waals surface area contributed by atoms with Gasteiger partial charge in [-0.25, -0.2) is 4.39 Å². The van der Waals surface area contributed by atoms with E-state index in [0.29, 0.717) is 17.7 Å². The molecule has 16 heavy (non-hydrogen) atoms. The van der Waals surface area contributed by atoms with E-state index in [-0.39, 0.29) is 5.82 Å². The van der Waals surface area contributed by atoms with Crippen molar-refractivity contribution in [2.24, 2.45) is 0 Å². The third-order valence-corrected chi connectivity index (χ3v) is 2.52. The number of pyridine rings is 2. The van der Waals surface area contributed by atoms with Crippen molar-refractivity contribution in [2.75, 3.05) is 0 Å². The maximum Gasteiger partial charge on any atom is 0.147 e. The number of rotatable bonds is 3. The van der Waals surface area contributed by atoms with Crippen LogP contribution in [0.4, 0.5) is 4.39 Å². The number of nitrogens with zero attached hydrogens (tertiary/aromatic N) is 2. The van der Waals surface area contributed by atoms with Crippen LogP contribution in [0.25, 0.3) is 0 Å². The molecule has 2 heterocycles. The van der Waals surface area contributed by atoms with Crippen LogP contribution < -0.4 is 0 Å². The molecule has 0 aliphatic rings. The van der Waals surface area contributed by atoms with E-state index in [0.717, 1.165) is 12.1 Å². The highest BCUT2D eigenvalue weighted by atomic mass is 19.1. The first-order chi connectivity index (χ1) is 7.77. The fourth-order valence-electron chi connectivity index (χ4n) is 1.60. The zero-order valence-electron chi connectivity index (χ0n) is 9.15. The van der Waals surface area contributed by atoms with E-state index in [9.17, 15) is 4.39 Å². The highest BCUT2D eigenvalue weighted by molar-refractivity contribution is 5.19. The number of hydrogen-bond donors (Lipinski definition) is 0. The summed E-state index contributed by atoms with van der Waals surface area (Å²) in [6.45, 7) is 1.68. The lowest BCUT2D eigenvalue weighted by Gasteiger charge is -2.04. The molecule has 0 aliphatic heterocycles. The van der Waals surface area contributed by atoms with Gasteiger partial charge in [0.2, 0.25) is 0 Å². The zero-order valence-corrected chi connectivity index (χ0v) is 9.15. The summed E-state index contributed by atoms with van der Waals surface area (Å²) in [5.41, 5.74) is 2.15. The Morgan fingerprint density at radius 3 is 2.69 bits per heavy atom. The predicted molar refractivity (Wildman–Crippen MR) is 60.6 cm³/mol. The average Bonchev–Trinajstić information content (AvgIpc) is 2.32. The van der Waals surface area contributed by atoms with Gasteiger partial charge in [-0.1, -0.05) is 6.07 Å². The molecular formula is C13H13FN2. The lowest BCUT2D eigenvalue weighted by atomic mass is 10.1. The summed E-state index contributed by atoms with van der Waals surface area (Å²) in [6.07, 6.45) is 4.81. The molecule has 0 amide bonds. The molecule has 82 valence electrons. The van der Waals surface area contributed by atoms with Crippen molar-refractivity contribution in [3.63, 3.8) is 0 Å². The molecule has 0 atom stereocenters. The molecule has 2 rings (SSSR count). The van der Waals surface area contributed by atoms with Crippen molar-refractivity contribution in [3.05, 3.63) is 59.4 Å². The highest BCUT2D eigenvalue weighted by Gasteiger charge is 2.05. The Hall–Kier alpha value is -1.77. The first-order valence-electron chi connectivity index (χ1n) is 5.27. The van der Waals surface area contributed by atoms with Gasteiger partial charge >= 0.3 is 0 Å². The molecule has 0 spiro atoms. The Kier molecular flexibility index (Phi) is 3.25. The topological polar surface area (TPSA) is 25.8 Å². The average molecular weight is 216 g/mol. The van der Waals surface area contributed by atoms with Crippen LogP contribution >= 0.6 is 0 Å². The van der Waals surface area contributed by atoms with Crippen molar-refractivity contribution in [1.82, 2.24) is 9.97 Å². The quantitative estimate of drug-likeness (QED) is 0.788. The lowest BCUT2D eigenvalue weighted by molar-refractivity contribution is 0.590. The summed E-state index contributed by atoms with van der Waals surface area (Å²) in [6, 6.07) is 7.49. The largest absolute Gasteiger partial charge is 0.261 e. The van der Waals surface area contributed by atoms with E-state index in [4.69, 9.17) is 0 Å². The third-order valence-electron chi connectivity index (χ3n) is 2.52. The van der Waals surface area contributed by atoms with Gasteiger partial charge in [0.1, 0.15) is 5.82 Å². The Morgan fingerprint density at radius 2 is 1.94 bits per heavy atom. The minimum atomic E-state index is -0.196. The van der Waals surface area contributed by atoms with E-state index in [1.54, 1.807) is 25.4 Å². The van der Waals surface area contributed by atoms with Crippen molar-refractivity contribution in [2.45, 2.75) is 19.8 Å². The molecule has 0 saturated carbocycles. The first kappa shape index (κ1) is 10.7. The van der Waals surface area contributed by atoms with E-state index in [1.165, 1.54) is 0 Å². The van der Waals surface area contributed by atoms with Gasteiger partial charge < -0.3 is 0 Å². The molecule has 0 radical (unpaired) electrons. The van der Waals surface area contributed by atoms with Gasteiger partial charge in [-0.3, -0.25) is 9.97 Å². The summed E-state index contributed by atoms with van der Waals surface area (Å²) in [5.74, 6) is -0.196. The number of aryl methyl sites for hydroxylation is 3. The molecule has 0 unspecified atom stereocenters. The SMILES string of the molecule is Cc1nccc(CCc2ccccn2)c1F. The van der Waals surface area contributed by atoms with Gasteiger partial charge in [-0.05, 0) is 43.5 Å². The van der Waals surface area contributed by atoms with Crippen molar-refractivity contribution < 1.29 is 4.39 Å². The Labute approximate surface area is 94.2 Å². The maximum absolute atomic E-state index is 13.6. The molecule has 3 heteroatoms. The van der Waals surface area contributed by atoms with Gasteiger partial charge in [0.15, 0.2) is 0 Å². The Morgan fingerprint density at radius 1 is 1.06 bits per heavy atom. The van der Waals surface area contributed by atoms with Gasteiger partial charge in [0, 0.05) is 18.1 Å². The standard InChI is InChI=1S/C13H13FN2/c1-10-13(14)11(7-9-15-10)5-6-12-4-2-3-8-16-12/h2-4,7-9H,5-6H2,1H3. The summed E-state index contributed by atoms with van der Waals surface area (Å²) < 4.78 is 13.6. The van der Waals surface area contributed by atoms with Crippen LogP contribution in [0.3, 0.4) is 0 Å². The molecule has 2 aromatic rings. The molecule has 0 N–H and O–H groups in total. The number of aromatic nitrogens is 2. The fourth-order valence-corrected chi connectivity index (χ4v) is 1.60. The van der Waals surface area contributed by atoms with Crippen LogP contribution in [0.15, 0.2) is 36.7 Å². The van der Waals surface area contributed by atoms with Crippen LogP contribution in [-0.4, -0.2) is 9.97 Å². The summed E-state index contributed by atoms with van der Waals surface area (Å²) >= 11 is 0. The Balaban J connectivity index is 2.08. The minimum absolute atomic E-state index is 0.196. The highest BCUT2D eigenvalue weighted by Crippen LogP contribution is 2.11. The van der Waals surface area contributed by atoms with Gasteiger partial charge in [0.05, 0.1) is 5.69 Å². The predicted octanol–water partition coefficient (Wildman–Crippen LogP) is 2.71. The molecule has 0 aromatic carbocycles. The first-order valence-corrected chi connectivity index (χ1v) is 5.27. The Bertz CT molecular complexity index is 469. The van der Waals surface area contributed by atoms with E-state index >= 15 is 0 Å². The van der Waals surface area contributed by atoms with E-state index in [2.05, 4.69) is 9.97 Å². The van der Waals surface area contributed by atoms with Gasteiger partial charge in [-0.2, -0.15) is 0 Å². The van der Waals surface area contributed by atoms with Gasteiger partial charge in [-0.15, -0.1) is 0 Å². The molecule has 0 fully saturated rings. The molecule has 2 aromatic heterocycles. The molecule has 0 saturated heterocycles. The maximum atomic E-state index is 13.6. The third kappa shape index (κ3) is 2.42. The van der Waals surface area contributed by atoms with Crippen LogP contribution in [0.5, 0.6) is 0 Å². The summed E-state index contributed by atoms with van der Waals surface area (Å²) in [5, 5.41) is 0. The van der Waals surface area contributed by atoms with Crippen LogP contribution in [0, 0.1) is 12.7 Å². The normalized spacial score (nSPS) is 10.4. The molecule has 2 nitrogen and oxygen atoms in total. The number of halogens is 1. The summed E-state index contributed by atoms with van der Waals surface area (Å²) in [4.78, 5) is 8.11. The van der Waals surface area contributed by atoms with E-state index < -0.39 is 0 Å². The second-order valence-corrected chi connectivity index (χ2v) is 3.69. The van der Waals surface area contributed by atoms with Crippen molar-refractivity contribution in [3.8, 4) is 0 Å². The van der Waals surface area contributed by atoms with Crippen LogP contribution in [0.2, 0.25) is 0 Å². The second-order valence-electron chi connectivity index (χ2n) is 3.69. The molecule has 0 bridgehead atoms.